The summed E-state index contributed by atoms with van der Waals surface area (Å²) in [5, 5.41) is 7.84. The van der Waals surface area contributed by atoms with Gasteiger partial charge in [-0.05, 0) is 48.4 Å². The molecule has 0 radical (unpaired) electrons. The maximum Gasteiger partial charge on any atom is 0.261 e. The number of hydrogen-bond donors (Lipinski definition) is 1. The molecule has 1 aromatic carbocycles. The Morgan fingerprint density at radius 1 is 1.30 bits per heavy atom. The Hall–Kier alpha value is -2.74. The van der Waals surface area contributed by atoms with Gasteiger partial charge in [-0.15, -0.1) is 11.3 Å². The average Bonchev–Trinajstić information content (AvgIpc) is 3.36. The molecule has 1 fully saturated rings. The third-order valence-electron chi connectivity index (χ3n) is 5.43. The molecule has 0 bridgehead atoms. The second-order valence-corrected chi connectivity index (χ2v) is 8.03. The SMILES string of the molecule is O=C1NCCc2c1sc1ccc(C(=O)N3CCC(c4ncon4)CC3)cc21. The number of carbonyl (C=O) groups excluding carboxylic acids is 2. The number of nitrogens with zero attached hydrogens (tertiary/aromatic N) is 3. The van der Waals surface area contributed by atoms with E-state index in [4.69, 9.17) is 4.52 Å². The lowest BCUT2D eigenvalue weighted by molar-refractivity contribution is 0.0710. The molecule has 5 rings (SSSR count). The van der Waals surface area contributed by atoms with E-state index in [2.05, 4.69) is 15.5 Å². The lowest BCUT2D eigenvalue weighted by Gasteiger charge is -2.30. The summed E-state index contributed by atoms with van der Waals surface area (Å²) in [5.41, 5.74) is 1.76. The minimum Gasteiger partial charge on any atom is -0.351 e. The summed E-state index contributed by atoms with van der Waals surface area (Å²) in [6, 6.07) is 5.79. The minimum absolute atomic E-state index is 0.00568. The third-order valence-corrected chi connectivity index (χ3v) is 6.64. The molecule has 8 heteroatoms. The van der Waals surface area contributed by atoms with E-state index in [1.165, 1.54) is 17.7 Å². The molecule has 2 aromatic heterocycles. The van der Waals surface area contributed by atoms with Gasteiger partial charge >= 0.3 is 0 Å². The fourth-order valence-corrected chi connectivity index (χ4v) is 5.12. The standard InChI is InChI=1S/C19H18N4O3S/c24-18-16-13(3-6-20-18)14-9-12(1-2-15(14)27-16)19(25)23-7-4-11(5-8-23)17-21-10-26-22-17/h1-2,9-11H,3-8H2,(H,20,24). The summed E-state index contributed by atoms with van der Waals surface area (Å²) in [4.78, 5) is 31.8. The van der Waals surface area contributed by atoms with Crippen molar-refractivity contribution < 1.29 is 14.1 Å². The second kappa shape index (κ2) is 6.45. The number of aromatic nitrogens is 2. The number of likely N-dealkylation sites (tertiary alicyclic amines) is 1. The van der Waals surface area contributed by atoms with Crippen LogP contribution in [0.1, 0.15) is 50.2 Å². The average molecular weight is 382 g/mol. The van der Waals surface area contributed by atoms with Crippen molar-refractivity contribution in [2.24, 2.45) is 0 Å². The normalized spacial score (nSPS) is 17.8. The smallest absolute Gasteiger partial charge is 0.261 e. The van der Waals surface area contributed by atoms with Crippen molar-refractivity contribution in [1.82, 2.24) is 20.4 Å². The Balaban J connectivity index is 1.37. The van der Waals surface area contributed by atoms with Crippen LogP contribution in [-0.2, 0) is 6.42 Å². The van der Waals surface area contributed by atoms with Gasteiger partial charge in [0.2, 0.25) is 6.39 Å². The van der Waals surface area contributed by atoms with Gasteiger partial charge in [-0.25, -0.2) is 0 Å². The molecule has 2 aliphatic rings. The number of piperidine rings is 1. The first-order valence-electron chi connectivity index (χ1n) is 9.10. The zero-order valence-corrected chi connectivity index (χ0v) is 15.4. The summed E-state index contributed by atoms with van der Waals surface area (Å²) < 4.78 is 5.89. The summed E-state index contributed by atoms with van der Waals surface area (Å²) in [7, 11) is 0. The van der Waals surface area contributed by atoms with Crippen LogP contribution in [0, 0.1) is 0 Å². The van der Waals surface area contributed by atoms with Crippen LogP contribution in [0.2, 0.25) is 0 Å². The maximum atomic E-state index is 13.0. The Labute approximate surface area is 159 Å². The van der Waals surface area contributed by atoms with Crippen LogP contribution in [-0.4, -0.2) is 46.5 Å². The Morgan fingerprint density at radius 3 is 2.93 bits per heavy atom. The van der Waals surface area contributed by atoms with Gasteiger partial charge < -0.3 is 14.7 Å². The van der Waals surface area contributed by atoms with Crippen LogP contribution < -0.4 is 5.32 Å². The molecule has 0 saturated carbocycles. The van der Waals surface area contributed by atoms with E-state index in [0.29, 0.717) is 25.2 Å². The number of rotatable bonds is 2. The lowest BCUT2D eigenvalue weighted by Crippen LogP contribution is -2.38. The first kappa shape index (κ1) is 16.4. The highest BCUT2D eigenvalue weighted by Crippen LogP contribution is 2.34. The highest BCUT2D eigenvalue weighted by Gasteiger charge is 2.28. The quantitative estimate of drug-likeness (QED) is 0.736. The first-order chi connectivity index (χ1) is 13.2. The molecule has 1 saturated heterocycles. The van der Waals surface area contributed by atoms with Crippen molar-refractivity contribution in [1.29, 1.82) is 0 Å². The van der Waals surface area contributed by atoms with Crippen molar-refractivity contribution in [3.05, 3.63) is 46.4 Å². The van der Waals surface area contributed by atoms with Crippen LogP contribution in [0.5, 0.6) is 0 Å². The number of nitrogens with one attached hydrogen (secondary N) is 1. The van der Waals surface area contributed by atoms with E-state index >= 15 is 0 Å². The van der Waals surface area contributed by atoms with Gasteiger partial charge in [0.1, 0.15) is 0 Å². The molecule has 3 aromatic rings. The van der Waals surface area contributed by atoms with Crippen molar-refractivity contribution in [3.8, 4) is 0 Å². The van der Waals surface area contributed by atoms with Gasteiger partial charge in [-0.3, -0.25) is 9.59 Å². The third kappa shape index (κ3) is 2.80. The molecule has 2 aliphatic heterocycles. The molecular formula is C19H18N4O3S. The summed E-state index contributed by atoms with van der Waals surface area (Å²) in [6.45, 7) is 2.01. The Bertz CT molecular complexity index is 1020. The van der Waals surface area contributed by atoms with Crippen LogP contribution in [0.3, 0.4) is 0 Å². The molecule has 0 spiro atoms. The zero-order chi connectivity index (χ0) is 18.4. The number of hydrogen-bond acceptors (Lipinski definition) is 6. The summed E-state index contributed by atoms with van der Waals surface area (Å²) in [5.74, 6) is 1.02. The van der Waals surface area contributed by atoms with Gasteiger partial charge in [0, 0.05) is 35.8 Å². The molecule has 4 heterocycles. The highest BCUT2D eigenvalue weighted by atomic mass is 32.1. The predicted molar refractivity (Wildman–Crippen MR) is 100 cm³/mol. The van der Waals surface area contributed by atoms with Crippen LogP contribution in [0.25, 0.3) is 10.1 Å². The molecule has 138 valence electrons. The zero-order valence-electron chi connectivity index (χ0n) is 14.6. The van der Waals surface area contributed by atoms with E-state index in [0.717, 1.165) is 45.6 Å². The Morgan fingerprint density at radius 2 is 2.15 bits per heavy atom. The molecule has 1 N–H and O–H groups in total. The number of thiophene rings is 1. The number of carbonyl (C=O) groups is 2. The minimum atomic E-state index is -0.00568. The van der Waals surface area contributed by atoms with Crippen molar-refractivity contribution in [2.75, 3.05) is 19.6 Å². The van der Waals surface area contributed by atoms with Crippen LogP contribution in [0.4, 0.5) is 0 Å². The number of benzene rings is 1. The summed E-state index contributed by atoms with van der Waals surface area (Å²) in [6.07, 6.45) is 3.84. The maximum absolute atomic E-state index is 13.0. The van der Waals surface area contributed by atoms with E-state index in [-0.39, 0.29) is 17.7 Å². The fourth-order valence-electron chi connectivity index (χ4n) is 3.98. The fraction of sp³-hybridized carbons (Fsp3) is 0.368. The first-order valence-corrected chi connectivity index (χ1v) is 9.91. The van der Waals surface area contributed by atoms with Gasteiger partial charge in [0.15, 0.2) is 5.82 Å². The van der Waals surface area contributed by atoms with E-state index < -0.39 is 0 Å². The molecule has 0 unspecified atom stereocenters. The molecule has 0 atom stereocenters. The van der Waals surface area contributed by atoms with E-state index in [9.17, 15) is 9.59 Å². The molecule has 27 heavy (non-hydrogen) atoms. The van der Waals surface area contributed by atoms with Crippen molar-refractivity contribution >= 4 is 33.2 Å². The van der Waals surface area contributed by atoms with Gasteiger partial charge in [0.05, 0.1) is 4.88 Å². The molecule has 2 amide bonds. The van der Waals surface area contributed by atoms with E-state index in [1.807, 2.05) is 23.1 Å². The van der Waals surface area contributed by atoms with Crippen molar-refractivity contribution in [2.45, 2.75) is 25.2 Å². The monoisotopic (exact) mass is 382 g/mol. The van der Waals surface area contributed by atoms with Crippen molar-refractivity contribution in [3.63, 3.8) is 0 Å². The number of fused-ring (bicyclic) bond motifs is 3. The van der Waals surface area contributed by atoms with E-state index in [1.54, 1.807) is 0 Å². The predicted octanol–water partition coefficient (Wildman–Crippen LogP) is 2.59. The van der Waals surface area contributed by atoms with Gasteiger partial charge in [-0.2, -0.15) is 4.98 Å². The molecule has 0 aliphatic carbocycles. The summed E-state index contributed by atoms with van der Waals surface area (Å²) >= 11 is 1.50. The topological polar surface area (TPSA) is 88.3 Å². The largest absolute Gasteiger partial charge is 0.351 e. The van der Waals surface area contributed by atoms with Crippen LogP contribution in [0.15, 0.2) is 29.1 Å². The van der Waals surface area contributed by atoms with Gasteiger partial charge in [-0.1, -0.05) is 5.16 Å². The number of amides is 2. The lowest BCUT2D eigenvalue weighted by atomic mass is 9.95. The second-order valence-electron chi connectivity index (χ2n) is 6.98. The molecule has 7 nitrogen and oxygen atoms in total. The highest BCUT2D eigenvalue weighted by molar-refractivity contribution is 7.21. The van der Waals surface area contributed by atoms with Crippen LogP contribution >= 0.6 is 11.3 Å². The van der Waals surface area contributed by atoms with Gasteiger partial charge in [0.25, 0.3) is 11.8 Å². The Kier molecular flexibility index (Phi) is 3.93. The molecular weight excluding hydrogens is 364 g/mol.